The molecule has 0 aliphatic heterocycles. The maximum Gasteiger partial charge on any atom is 0.243 e. The van der Waals surface area contributed by atoms with E-state index in [2.05, 4.69) is 11.9 Å². The molecular weight excluding hydrogens is 248 g/mol. The van der Waals surface area contributed by atoms with Gasteiger partial charge < -0.3 is 5.32 Å². The second-order valence-corrected chi connectivity index (χ2v) is 6.10. The van der Waals surface area contributed by atoms with Crippen molar-refractivity contribution in [2.75, 3.05) is 25.5 Å². The van der Waals surface area contributed by atoms with Crippen LogP contribution in [0.25, 0.3) is 0 Å². The monoisotopic (exact) mass is 268 g/mol. The zero-order chi connectivity index (χ0) is 13.8. The number of likely N-dealkylation sites (N-methyl/N-ethyl adjacent to an activating group) is 1. The van der Waals surface area contributed by atoms with E-state index >= 15 is 0 Å². The highest BCUT2D eigenvalue weighted by Crippen LogP contribution is 2.18. The van der Waals surface area contributed by atoms with Gasteiger partial charge in [0, 0.05) is 25.8 Å². The van der Waals surface area contributed by atoms with Gasteiger partial charge in [-0.1, -0.05) is 19.1 Å². The fourth-order valence-electron chi connectivity index (χ4n) is 1.61. The van der Waals surface area contributed by atoms with E-state index < -0.39 is 10.0 Å². The van der Waals surface area contributed by atoms with Crippen LogP contribution in [-0.4, -0.2) is 32.9 Å². The van der Waals surface area contributed by atoms with Gasteiger partial charge in [0.1, 0.15) is 0 Å². The van der Waals surface area contributed by atoms with Crippen molar-refractivity contribution in [1.29, 1.82) is 0 Å². The van der Waals surface area contributed by atoms with Crippen molar-refractivity contribution >= 4 is 15.7 Å². The number of hydrogen-bond acceptors (Lipinski definition) is 3. The van der Waals surface area contributed by atoms with Crippen LogP contribution in [0.5, 0.6) is 0 Å². The van der Waals surface area contributed by atoms with Gasteiger partial charge >= 0.3 is 0 Å². The number of rotatable bonds is 6. The van der Waals surface area contributed by atoms with E-state index in [4.69, 9.17) is 0 Å². The largest absolute Gasteiger partial charge is 0.388 e. The van der Waals surface area contributed by atoms with E-state index in [9.17, 15) is 8.42 Å². The number of sulfonamides is 1. The summed E-state index contributed by atoms with van der Waals surface area (Å²) in [4.78, 5) is 0.310. The summed E-state index contributed by atoms with van der Waals surface area (Å²) >= 11 is 0. The molecule has 0 saturated carbocycles. The second kappa shape index (κ2) is 6.02. The fourth-order valence-corrected chi connectivity index (χ4v) is 3.12. The molecule has 0 saturated heterocycles. The summed E-state index contributed by atoms with van der Waals surface area (Å²) in [7, 11) is -1.63. The van der Waals surface area contributed by atoms with Crippen LogP contribution in [0.3, 0.4) is 0 Å². The van der Waals surface area contributed by atoms with Crippen LogP contribution in [-0.2, 0) is 10.0 Å². The van der Waals surface area contributed by atoms with Gasteiger partial charge in [0.05, 0.1) is 4.90 Å². The van der Waals surface area contributed by atoms with Crippen LogP contribution in [0.4, 0.5) is 5.69 Å². The van der Waals surface area contributed by atoms with E-state index in [0.717, 1.165) is 11.3 Å². The minimum absolute atomic E-state index is 0.310. The standard InChI is InChI=1S/C13H20N2O2S/c1-5-15(10-11(2)3)18(16,17)13-8-6-12(14-4)7-9-13/h6-9,14H,2,5,10H2,1,3-4H3. The first-order valence-electron chi connectivity index (χ1n) is 5.84. The van der Waals surface area contributed by atoms with Gasteiger partial charge in [-0.05, 0) is 31.2 Å². The summed E-state index contributed by atoms with van der Waals surface area (Å²) in [6, 6.07) is 6.73. The smallest absolute Gasteiger partial charge is 0.243 e. The van der Waals surface area contributed by atoms with Crippen molar-refractivity contribution in [1.82, 2.24) is 4.31 Å². The Morgan fingerprint density at radius 1 is 1.33 bits per heavy atom. The van der Waals surface area contributed by atoms with Crippen molar-refractivity contribution < 1.29 is 8.42 Å². The Hall–Kier alpha value is -1.33. The third-order valence-corrected chi connectivity index (χ3v) is 4.51. The highest BCUT2D eigenvalue weighted by molar-refractivity contribution is 7.89. The number of anilines is 1. The topological polar surface area (TPSA) is 49.4 Å². The molecule has 0 spiro atoms. The van der Waals surface area contributed by atoms with Crippen LogP contribution in [0, 0.1) is 0 Å². The molecule has 0 aliphatic carbocycles. The summed E-state index contributed by atoms with van der Waals surface area (Å²) in [6.45, 7) is 8.19. The van der Waals surface area contributed by atoms with Gasteiger partial charge in [-0.3, -0.25) is 0 Å². The average molecular weight is 268 g/mol. The van der Waals surface area contributed by atoms with Crippen LogP contribution < -0.4 is 5.32 Å². The van der Waals surface area contributed by atoms with Gasteiger partial charge in [-0.25, -0.2) is 8.42 Å². The van der Waals surface area contributed by atoms with Gasteiger partial charge in [0.2, 0.25) is 10.0 Å². The van der Waals surface area contributed by atoms with E-state index in [1.54, 1.807) is 31.3 Å². The number of benzene rings is 1. The molecule has 100 valence electrons. The molecule has 0 aliphatic rings. The molecule has 5 heteroatoms. The molecule has 4 nitrogen and oxygen atoms in total. The molecule has 0 bridgehead atoms. The lowest BCUT2D eigenvalue weighted by molar-refractivity contribution is 0.453. The molecule has 18 heavy (non-hydrogen) atoms. The Kier molecular flexibility index (Phi) is 4.93. The molecule has 0 heterocycles. The molecule has 1 rings (SSSR count). The van der Waals surface area contributed by atoms with Crippen LogP contribution in [0.15, 0.2) is 41.3 Å². The number of nitrogens with one attached hydrogen (secondary N) is 1. The Labute approximate surface area is 109 Å². The first-order chi connectivity index (χ1) is 8.41. The fraction of sp³-hybridized carbons (Fsp3) is 0.385. The van der Waals surface area contributed by atoms with Crippen LogP contribution >= 0.6 is 0 Å². The summed E-state index contributed by atoms with van der Waals surface area (Å²) < 4.78 is 26.1. The molecule has 0 fully saturated rings. The van der Waals surface area contributed by atoms with Crippen molar-refractivity contribution in [2.45, 2.75) is 18.7 Å². The lowest BCUT2D eigenvalue weighted by Crippen LogP contribution is -2.32. The van der Waals surface area contributed by atoms with E-state index in [0.29, 0.717) is 18.0 Å². The van der Waals surface area contributed by atoms with E-state index in [1.807, 2.05) is 13.8 Å². The predicted molar refractivity (Wildman–Crippen MR) is 75.2 cm³/mol. The average Bonchev–Trinajstić information content (AvgIpc) is 2.35. The molecule has 1 aromatic carbocycles. The van der Waals surface area contributed by atoms with Crippen molar-refractivity contribution in [3.8, 4) is 0 Å². The van der Waals surface area contributed by atoms with Crippen LogP contribution in [0.1, 0.15) is 13.8 Å². The maximum atomic E-state index is 12.4. The molecule has 0 aromatic heterocycles. The second-order valence-electron chi connectivity index (χ2n) is 4.16. The summed E-state index contributed by atoms with van der Waals surface area (Å²) in [5.41, 5.74) is 1.71. The maximum absolute atomic E-state index is 12.4. The molecule has 0 atom stereocenters. The first kappa shape index (κ1) is 14.7. The molecule has 0 unspecified atom stereocenters. The predicted octanol–water partition coefficient (Wildman–Crippen LogP) is 2.32. The molecule has 0 radical (unpaired) electrons. The molecule has 0 amide bonds. The minimum Gasteiger partial charge on any atom is -0.388 e. The first-order valence-corrected chi connectivity index (χ1v) is 7.28. The van der Waals surface area contributed by atoms with Gasteiger partial charge in [-0.2, -0.15) is 4.31 Å². The SMILES string of the molecule is C=C(C)CN(CC)S(=O)(=O)c1ccc(NC)cc1. The van der Waals surface area contributed by atoms with Crippen molar-refractivity contribution in [3.63, 3.8) is 0 Å². The molecule has 1 aromatic rings. The molecular formula is C13H20N2O2S. The number of hydrogen-bond donors (Lipinski definition) is 1. The Morgan fingerprint density at radius 3 is 2.28 bits per heavy atom. The van der Waals surface area contributed by atoms with Crippen LogP contribution in [0.2, 0.25) is 0 Å². The third kappa shape index (κ3) is 3.34. The normalized spacial score (nSPS) is 11.6. The van der Waals surface area contributed by atoms with Gasteiger partial charge in [0.25, 0.3) is 0 Å². The van der Waals surface area contributed by atoms with Crippen molar-refractivity contribution in [2.24, 2.45) is 0 Å². The van der Waals surface area contributed by atoms with Gasteiger partial charge in [0.15, 0.2) is 0 Å². The zero-order valence-electron chi connectivity index (χ0n) is 11.1. The van der Waals surface area contributed by atoms with E-state index in [1.165, 1.54) is 4.31 Å². The lowest BCUT2D eigenvalue weighted by Gasteiger charge is -2.20. The van der Waals surface area contributed by atoms with Gasteiger partial charge in [-0.15, -0.1) is 0 Å². The Morgan fingerprint density at radius 2 is 1.89 bits per heavy atom. The zero-order valence-corrected chi connectivity index (χ0v) is 11.9. The summed E-state index contributed by atoms with van der Waals surface area (Å²) in [5, 5.41) is 2.96. The highest BCUT2D eigenvalue weighted by atomic mass is 32.2. The number of nitrogens with zero attached hydrogens (tertiary/aromatic N) is 1. The Balaban J connectivity index is 3.06. The highest BCUT2D eigenvalue weighted by Gasteiger charge is 2.22. The minimum atomic E-state index is -3.43. The molecule has 1 N–H and O–H groups in total. The lowest BCUT2D eigenvalue weighted by atomic mass is 10.3. The third-order valence-electron chi connectivity index (χ3n) is 2.58. The summed E-state index contributed by atoms with van der Waals surface area (Å²) in [5.74, 6) is 0. The van der Waals surface area contributed by atoms with Crippen molar-refractivity contribution in [3.05, 3.63) is 36.4 Å². The quantitative estimate of drug-likeness (QED) is 0.805. The van der Waals surface area contributed by atoms with E-state index in [-0.39, 0.29) is 0 Å². The Bertz CT molecular complexity index is 506. The summed E-state index contributed by atoms with van der Waals surface area (Å²) in [6.07, 6.45) is 0.